The van der Waals surface area contributed by atoms with Crippen molar-refractivity contribution in [2.75, 3.05) is 40.6 Å². The largest absolute Gasteiger partial charge is 1.00 e. The van der Waals surface area contributed by atoms with E-state index in [0.717, 1.165) is 14.2 Å². The third-order valence-electron chi connectivity index (χ3n) is 6.52. The molecule has 0 bridgehead atoms. The predicted octanol–water partition coefficient (Wildman–Crippen LogP) is -0.790. The Labute approximate surface area is 316 Å². The number of ether oxygens (including phenoxy) is 6. The van der Waals surface area contributed by atoms with Gasteiger partial charge in [0.25, 0.3) is 0 Å². The molecule has 272 valence electrons. The van der Waals surface area contributed by atoms with Gasteiger partial charge in [0.2, 0.25) is 0 Å². The van der Waals surface area contributed by atoms with Crippen LogP contribution < -0.4 is 34.7 Å². The average Bonchev–Trinajstić information content (AvgIpc) is 3.16. The summed E-state index contributed by atoms with van der Waals surface area (Å²) >= 11 is 0. The molecule has 2 aromatic rings. The normalized spacial score (nSPS) is 24.4. The summed E-state index contributed by atoms with van der Waals surface area (Å²) in [6.45, 7) is 7.28. The van der Waals surface area contributed by atoms with Crippen molar-refractivity contribution in [2.45, 2.75) is 49.1 Å². The Hall–Kier alpha value is -3.84. The van der Waals surface area contributed by atoms with E-state index in [1.807, 2.05) is 0 Å². The zero-order valence-electron chi connectivity index (χ0n) is 28.5. The van der Waals surface area contributed by atoms with Gasteiger partial charge in [-0.25, -0.2) is 9.59 Å². The minimum Gasteiger partial charge on any atom is -0.857 e. The molecule has 0 saturated carbocycles. The van der Waals surface area contributed by atoms with Crippen molar-refractivity contribution >= 4 is 11.9 Å². The summed E-state index contributed by atoms with van der Waals surface area (Å²) in [6, 6.07) is 14.9. The van der Waals surface area contributed by atoms with Crippen LogP contribution in [0.25, 0.3) is 20.9 Å². The third kappa shape index (κ3) is 15.5. The number of aliphatic hydroxyl groups excluding tert-OH is 3. The molecule has 2 fully saturated rings. The van der Waals surface area contributed by atoms with Gasteiger partial charge in [-0.05, 0) is 35.3 Å². The van der Waals surface area contributed by atoms with Crippen molar-refractivity contribution in [3.05, 3.63) is 118 Å². The van der Waals surface area contributed by atoms with Crippen LogP contribution >= 0.6 is 0 Å². The van der Waals surface area contributed by atoms with Gasteiger partial charge in [-0.15, -0.1) is 13.2 Å². The smallest absolute Gasteiger partial charge is 0.857 e. The van der Waals surface area contributed by atoms with E-state index in [9.17, 15) is 19.8 Å². The molecule has 18 nitrogen and oxygen atoms in total. The van der Waals surface area contributed by atoms with Crippen LogP contribution in [0.3, 0.4) is 0 Å². The fourth-order valence-corrected chi connectivity index (χ4v) is 4.28. The molecule has 0 aliphatic carbocycles. The van der Waals surface area contributed by atoms with Gasteiger partial charge < -0.3 is 48.8 Å². The summed E-state index contributed by atoms with van der Waals surface area (Å²) in [7, 11) is 1.75. The molecule has 2 aliphatic rings. The number of nitrogens with zero attached hydrogens (tertiary/aromatic N) is 6. The quantitative estimate of drug-likeness (QED) is 0.0607. The molecule has 19 heteroatoms. The molecular weight excluding hydrogens is 683 g/mol. The van der Waals surface area contributed by atoms with Gasteiger partial charge in [0.05, 0.1) is 49.7 Å². The Morgan fingerprint density at radius 1 is 0.784 bits per heavy atom. The molecule has 2 aromatic carbocycles. The molecule has 0 aromatic heterocycles. The molecule has 4 rings (SSSR count). The molecule has 0 radical (unpaired) electrons. The van der Waals surface area contributed by atoms with Gasteiger partial charge in [-0.1, -0.05) is 58.8 Å². The first-order chi connectivity index (χ1) is 24.3. The van der Waals surface area contributed by atoms with Crippen molar-refractivity contribution in [3.8, 4) is 0 Å². The molecule has 51 heavy (non-hydrogen) atoms. The Bertz CT molecular complexity index is 1400. The van der Waals surface area contributed by atoms with E-state index in [1.165, 1.54) is 12.2 Å². The number of rotatable bonds is 12. The summed E-state index contributed by atoms with van der Waals surface area (Å²) < 4.78 is 32.6. The van der Waals surface area contributed by atoms with Gasteiger partial charge >= 0.3 is 41.5 Å². The number of azide groups is 2. The molecule has 2 unspecified atom stereocenters. The fraction of sp³-hybridized carbons (Fsp3) is 0.438. The summed E-state index contributed by atoms with van der Waals surface area (Å²) in [5.41, 5.74) is 17.7. The summed E-state index contributed by atoms with van der Waals surface area (Å²) in [5, 5.41) is 41.3. The van der Waals surface area contributed by atoms with E-state index in [-0.39, 0.29) is 56.0 Å². The average molecular weight is 725 g/mol. The molecule has 0 spiro atoms. The predicted molar refractivity (Wildman–Crippen MR) is 175 cm³/mol. The molecule has 3 N–H and O–H groups in total. The first-order valence-corrected chi connectivity index (χ1v) is 14.8. The maximum absolute atomic E-state index is 12.7. The van der Waals surface area contributed by atoms with Gasteiger partial charge in [-0.3, -0.25) is 0 Å². The van der Waals surface area contributed by atoms with E-state index in [1.54, 1.807) is 60.7 Å². The zero-order valence-corrected chi connectivity index (χ0v) is 30.5. The Morgan fingerprint density at radius 3 is 1.67 bits per heavy atom. The molecule has 2 aliphatic heterocycles. The number of hydrogen-bond acceptors (Lipinski definition) is 14. The number of benzene rings is 2. The standard InChI is InChI=1S/C22H21N3O6.C8H13N3O4.CH4O.CH3O.Na/c1-2-13-28-22-19(31-21(27)16-11-7-4-8-12-16)18(17(14-29-22)24-25-23)30-20(26)15-9-5-3-6-10-15;1-2-3-14-8-7(13)6(12)5(4-15-8)10-11-9;2*1-2;/h2-12,17-19,22H,1,13-14H2;2,5-8,12-13H,1,3-4H2;2H,1H3;1H3;/q;;;-1;+1/t17-,18-,19?,22+;5-,6-,7?,8+;;;/m00.../s1. The van der Waals surface area contributed by atoms with Crippen molar-refractivity contribution in [1.82, 2.24) is 0 Å². The number of hydrogen-bond donors (Lipinski definition) is 3. The third-order valence-corrected chi connectivity index (χ3v) is 6.52. The summed E-state index contributed by atoms with van der Waals surface area (Å²) in [4.78, 5) is 30.7. The van der Waals surface area contributed by atoms with Crippen LogP contribution in [0.5, 0.6) is 0 Å². The van der Waals surface area contributed by atoms with Gasteiger partial charge in [0, 0.05) is 16.9 Å². The molecule has 0 amide bonds. The Kier molecular flexibility index (Phi) is 25.7. The molecule has 2 saturated heterocycles. The Morgan fingerprint density at radius 2 is 1.20 bits per heavy atom. The maximum Gasteiger partial charge on any atom is 1.00 e. The number of aliphatic hydroxyl groups is 3. The molecule has 8 atom stereocenters. The number of carbonyl (C=O) groups is 2. The first kappa shape index (κ1) is 47.2. The van der Waals surface area contributed by atoms with Crippen molar-refractivity contribution in [1.29, 1.82) is 0 Å². The minimum atomic E-state index is -1.23. The van der Waals surface area contributed by atoms with Crippen LogP contribution in [0.4, 0.5) is 0 Å². The van der Waals surface area contributed by atoms with Gasteiger partial charge in [0.15, 0.2) is 24.8 Å². The number of esters is 2. The second kappa shape index (κ2) is 27.8. The maximum atomic E-state index is 12.7. The van der Waals surface area contributed by atoms with Crippen LogP contribution in [-0.4, -0.2) is 117 Å². The summed E-state index contributed by atoms with van der Waals surface area (Å²) in [5.74, 6) is -1.32. The van der Waals surface area contributed by atoms with E-state index in [0.29, 0.717) is 11.1 Å². The molecule has 2 heterocycles. The second-order valence-electron chi connectivity index (χ2n) is 9.65. The van der Waals surface area contributed by atoms with Crippen LogP contribution in [0.2, 0.25) is 0 Å². The van der Waals surface area contributed by atoms with Crippen molar-refractivity contribution in [3.63, 3.8) is 0 Å². The van der Waals surface area contributed by atoms with Crippen LogP contribution in [0, 0.1) is 0 Å². The van der Waals surface area contributed by atoms with E-state index in [2.05, 4.69) is 33.2 Å². The van der Waals surface area contributed by atoms with Gasteiger partial charge in [-0.2, -0.15) is 7.11 Å². The SMILES string of the molecule is C=CCO[C@@H]1OC[C@H](N=[N+]=[N-])[C@H](O)C1O.C=CCO[C@@H]1OC[C@H](N=[N+]=[N-])[C@H](OC(=O)c2ccccc2)C1OC(=O)c1ccccc1.CO.C[O-].[Na+]. The van der Waals surface area contributed by atoms with Crippen LogP contribution in [0.1, 0.15) is 20.7 Å². The second-order valence-corrected chi connectivity index (χ2v) is 9.65. The number of carbonyl (C=O) groups excluding carboxylic acids is 2. The summed E-state index contributed by atoms with van der Waals surface area (Å²) in [6.07, 6.45) is -3.66. The minimum absolute atomic E-state index is 0. The monoisotopic (exact) mass is 724 g/mol. The molecular formula is C32H41N6NaO12. The van der Waals surface area contributed by atoms with Crippen molar-refractivity contribution in [2.24, 2.45) is 10.2 Å². The van der Waals surface area contributed by atoms with Crippen molar-refractivity contribution < 1.29 is 88.0 Å². The van der Waals surface area contributed by atoms with E-state index >= 15 is 0 Å². The topological polar surface area (TPSA) is 271 Å². The van der Waals surface area contributed by atoms with Crippen LogP contribution in [0.15, 0.2) is 96.2 Å². The van der Waals surface area contributed by atoms with E-state index in [4.69, 9.17) is 49.7 Å². The zero-order chi connectivity index (χ0) is 37.3. The fourth-order valence-electron chi connectivity index (χ4n) is 4.28. The van der Waals surface area contributed by atoms with Gasteiger partial charge in [0.1, 0.15) is 12.1 Å². The van der Waals surface area contributed by atoms with E-state index < -0.39 is 61.0 Å². The van der Waals surface area contributed by atoms with Crippen LogP contribution in [-0.2, 0) is 28.4 Å². The first-order valence-electron chi connectivity index (χ1n) is 14.8. The Balaban J connectivity index is 0.00000105.